The maximum absolute atomic E-state index is 13.2. The van der Waals surface area contributed by atoms with Gasteiger partial charge in [-0.15, -0.1) is 0 Å². The van der Waals surface area contributed by atoms with Crippen LogP contribution in [0, 0.1) is 5.82 Å². The van der Waals surface area contributed by atoms with E-state index in [0.717, 1.165) is 12.8 Å². The van der Waals surface area contributed by atoms with Crippen LogP contribution in [0.15, 0.2) is 51.8 Å². The van der Waals surface area contributed by atoms with Gasteiger partial charge in [-0.05, 0) is 78.2 Å². The third-order valence-electron chi connectivity index (χ3n) is 4.57. The van der Waals surface area contributed by atoms with E-state index in [4.69, 9.17) is 0 Å². The molecule has 1 saturated heterocycles. The Hall–Kier alpha value is -1.77. The van der Waals surface area contributed by atoms with Crippen LogP contribution in [-0.4, -0.2) is 38.3 Å². The van der Waals surface area contributed by atoms with Gasteiger partial charge >= 0.3 is 0 Å². The Bertz CT molecular complexity index is 942. The van der Waals surface area contributed by atoms with E-state index in [1.807, 2.05) is 0 Å². The highest BCUT2D eigenvalue weighted by Gasteiger charge is 2.29. The molecule has 0 aliphatic carbocycles. The number of amides is 1. The van der Waals surface area contributed by atoms with Crippen LogP contribution in [0.1, 0.15) is 30.1 Å². The Morgan fingerprint density at radius 3 is 2.37 bits per heavy atom. The van der Waals surface area contributed by atoms with E-state index < -0.39 is 10.0 Å². The standard InChI is InChI=1S/C19H20BrFN2O3S/c1-2-23(15-7-5-14(21)6-8-15)19(24)17-13-16(9-10-18(17)20)27(25,26)22-11-3-4-12-22/h5-10,13H,2-4,11-12H2,1H3. The largest absolute Gasteiger partial charge is 0.309 e. The lowest BCUT2D eigenvalue weighted by Gasteiger charge is -2.22. The van der Waals surface area contributed by atoms with Crippen LogP contribution < -0.4 is 4.90 Å². The van der Waals surface area contributed by atoms with Crippen LogP contribution in [-0.2, 0) is 10.0 Å². The maximum atomic E-state index is 13.2. The molecule has 1 aliphatic rings. The average Bonchev–Trinajstić information content (AvgIpc) is 3.19. The highest BCUT2D eigenvalue weighted by Crippen LogP contribution is 2.28. The molecule has 3 rings (SSSR count). The van der Waals surface area contributed by atoms with Gasteiger partial charge in [-0.1, -0.05) is 0 Å². The van der Waals surface area contributed by atoms with E-state index in [1.54, 1.807) is 13.0 Å². The van der Waals surface area contributed by atoms with Gasteiger partial charge < -0.3 is 4.90 Å². The lowest BCUT2D eigenvalue weighted by molar-refractivity contribution is 0.0987. The van der Waals surface area contributed by atoms with E-state index in [1.165, 1.54) is 45.6 Å². The summed E-state index contributed by atoms with van der Waals surface area (Å²) in [6, 6.07) is 10.1. The molecule has 0 saturated carbocycles. The first-order valence-corrected chi connectivity index (χ1v) is 10.9. The fourth-order valence-corrected chi connectivity index (χ4v) is 5.08. The Balaban J connectivity index is 1.97. The van der Waals surface area contributed by atoms with Crippen molar-refractivity contribution in [2.24, 2.45) is 0 Å². The van der Waals surface area contributed by atoms with E-state index >= 15 is 0 Å². The Morgan fingerprint density at radius 2 is 1.78 bits per heavy atom. The van der Waals surface area contributed by atoms with Gasteiger partial charge in [0, 0.05) is 29.8 Å². The number of carbonyl (C=O) groups is 1. The molecule has 2 aromatic rings. The van der Waals surface area contributed by atoms with E-state index in [9.17, 15) is 17.6 Å². The first-order chi connectivity index (χ1) is 12.8. The summed E-state index contributed by atoms with van der Waals surface area (Å²) in [6.45, 7) is 3.16. The van der Waals surface area contributed by atoms with Crippen LogP contribution in [0.2, 0.25) is 0 Å². The molecule has 0 aromatic heterocycles. The van der Waals surface area contributed by atoms with Crippen molar-refractivity contribution in [3.63, 3.8) is 0 Å². The number of nitrogens with zero attached hydrogens (tertiary/aromatic N) is 2. The quantitative estimate of drug-likeness (QED) is 0.684. The van der Waals surface area contributed by atoms with Crippen molar-refractivity contribution < 1.29 is 17.6 Å². The molecule has 0 atom stereocenters. The molecule has 2 aromatic carbocycles. The molecule has 0 N–H and O–H groups in total. The van der Waals surface area contributed by atoms with Crippen molar-refractivity contribution >= 4 is 37.5 Å². The van der Waals surface area contributed by atoms with Crippen molar-refractivity contribution in [3.05, 3.63) is 58.3 Å². The molecule has 1 amide bonds. The lowest BCUT2D eigenvalue weighted by atomic mass is 10.1. The molecule has 0 bridgehead atoms. The van der Waals surface area contributed by atoms with Gasteiger partial charge in [0.2, 0.25) is 10.0 Å². The number of benzene rings is 2. The zero-order chi connectivity index (χ0) is 19.6. The number of anilines is 1. The second-order valence-corrected chi connectivity index (χ2v) is 9.07. The van der Waals surface area contributed by atoms with Crippen molar-refractivity contribution in [3.8, 4) is 0 Å². The minimum atomic E-state index is -3.62. The average molecular weight is 455 g/mol. The van der Waals surface area contributed by atoms with Crippen molar-refractivity contribution in [1.82, 2.24) is 4.31 Å². The molecule has 0 radical (unpaired) electrons. The van der Waals surface area contributed by atoms with E-state index in [0.29, 0.717) is 29.8 Å². The van der Waals surface area contributed by atoms with Crippen LogP contribution in [0.25, 0.3) is 0 Å². The van der Waals surface area contributed by atoms with Crippen LogP contribution >= 0.6 is 15.9 Å². The predicted molar refractivity (Wildman–Crippen MR) is 106 cm³/mol. The molecule has 1 heterocycles. The second-order valence-electron chi connectivity index (χ2n) is 6.28. The molecule has 27 heavy (non-hydrogen) atoms. The summed E-state index contributed by atoms with van der Waals surface area (Å²) in [5.74, 6) is -0.739. The smallest absolute Gasteiger partial charge is 0.259 e. The minimum absolute atomic E-state index is 0.103. The normalized spacial score (nSPS) is 15.1. The summed E-state index contributed by atoms with van der Waals surface area (Å²) in [4.78, 5) is 14.7. The molecule has 8 heteroatoms. The van der Waals surface area contributed by atoms with Gasteiger partial charge in [0.25, 0.3) is 5.91 Å². The Morgan fingerprint density at radius 1 is 1.15 bits per heavy atom. The van der Waals surface area contributed by atoms with E-state index in [2.05, 4.69) is 15.9 Å². The topological polar surface area (TPSA) is 57.7 Å². The summed E-state index contributed by atoms with van der Waals surface area (Å²) in [5.41, 5.74) is 0.796. The highest BCUT2D eigenvalue weighted by atomic mass is 79.9. The van der Waals surface area contributed by atoms with Gasteiger partial charge in [-0.3, -0.25) is 4.79 Å². The molecule has 0 unspecified atom stereocenters. The first kappa shape index (κ1) is 20.0. The molecule has 1 fully saturated rings. The number of halogens is 2. The van der Waals surface area contributed by atoms with E-state index in [-0.39, 0.29) is 22.2 Å². The fourth-order valence-electron chi connectivity index (χ4n) is 3.12. The maximum Gasteiger partial charge on any atom is 0.259 e. The number of hydrogen-bond donors (Lipinski definition) is 0. The zero-order valence-corrected chi connectivity index (χ0v) is 17.3. The zero-order valence-electron chi connectivity index (χ0n) is 14.9. The SMILES string of the molecule is CCN(C(=O)c1cc(S(=O)(=O)N2CCCC2)ccc1Br)c1ccc(F)cc1. The number of rotatable bonds is 5. The van der Waals surface area contributed by atoms with Gasteiger partial charge in [0.15, 0.2) is 0 Å². The number of carbonyl (C=O) groups excluding carboxylic acids is 1. The molecule has 1 aliphatic heterocycles. The summed E-state index contributed by atoms with van der Waals surface area (Å²) in [6.07, 6.45) is 1.69. The highest BCUT2D eigenvalue weighted by molar-refractivity contribution is 9.10. The third kappa shape index (κ3) is 4.07. The molecule has 0 spiro atoms. The van der Waals surface area contributed by atoms with Crippen LogP contribution in [0.4, 0.5) is 10.1 Å². The van der Waals surface area contributed by atoms with Gasteiger partial charge in [-0.25, -0.2) is 12.8 Å². The fraction of sp³-hybridized carbons (Fsp3) is 0.316. The van der Waals surface area contributed by atoms with Crippen molar-refractivity contribution in [2.75, 3.05) is 24.5 Å². The number of sulfonamides is 1. The summed E-state index contributed by atoms with van der Waals surface area (Å²) >= 11 is 3.35. The van der Waals surface area contributed by atoms with Crippen LogP contribution in [0.3, 0.4) is 0 Å². The van der Waals surface area contributed by atoms with Gasteiger partial charge in [-0.2, -0.15) is 4.31 Å². The Labute approximate surface area is 167 Å². The first-order valence-electron chi connectivity index (χ1n) is 8.71. The number of hydrogen-bond acceptors (Lipinski definition) is 3. The molecule has 144 valence electrons. The minimum Gasteiger partial charge on any atom is -0.309 e. The summed E-state index contributed by atoms with van der Waals surface area (Å²) < 4.78 is 40.8. The second kappa shape index (κ2) is 8.08. The summed E-state index contributed by atoms with van der Waals surface area (Å²) in [7, 11) is -3.62. The van der Waals surface area contributed by atoms with Crippen molar-refractivity contribution in [1.29, 1.82) is 0 Å². The third-order valence-corrected chi connectivity index (χ3v) is 7.16. The van der Waals surface area contributed by atoms with Crippen LogP contribution in [0.5, 0.6) is 0 Å². The van der Waals surface area contributed by atoms with Gasteiger partial charge in [0.1, 0.15) is 5.82 Å². The van der Waals surface area contributed by atoms with Crippen molar-refractivity contribution in [2.45, 2.75) is 24.7 Å². The molecule has 5 nitrogen and oxygen atoms in total. The lowest BCUT2D eigenvalue weighted by Crippen LogP contribution is -2.32. The predicted octanol–water partition coefficient (Wildman–Crippen LogP) is 4.04. The molecular formula is C19H20BrFN2O3S. The monoisotopic (exact) mass is 454 g/mol. The molecular weight excluding hydrogens is 435 g/mol. The summed E-state index contributed by atoms with van der Waals surface area (Å²) in [5, 5.41) is 0. The Kier molecular flexibility index (Phi) is 5.98. The van der Waals surface area contributed by atoms with Gasteiger partial charge in [0.05, 0.1) is 10.5 Å².